The predicted molar refractivity (Wildman–Crippen MR) is 69.4 cm³/mol. The van der Waals surface area contributed by atoms with Crippen molar-refractivity contribution < 1.29 is 14.3 Å². The number of hydrogen-bond acceptors (Lipinski definition) is 2. The first-order valence-corrected chi connectivity index (χ1v) is 6.19. The first-order valence-electron chi connectivity index (χ1n) is 5.32. The van der Waals surface area contributed by atoms with E-state index in [9.17, 15) is 14.3 Å². The van der Waals surface area contributed by atoms with Crippen LogP contribution in [0.5, 0.6) is 0 Å². The number of nitrogens with one attached hydrogen (secondary N) is 1. The van der Waals surface area contributed by atoms with Crippen LogP contribution in [0.15, 0.2) is 30.3 Å². The Morgan fingerprint density at radius 1 is 1.44 bits per heavy atom. The number of carbonyl (C=O) groups excluding carboxylic acids is 1. The monoisotopic (exact) mass is 293 g/mol. The van der Waals surface area contributed by atoms with E-state index in [2.05, 4.69) is 5.32 Å². The fraction of sp³-hybridized carbons (Fsp3) is 0.417. The molecule has 0 spiro atoms. The van der Waals surface area contributed by atoms with Gasteiger partial charge in [-0.05, 0) is 12.5 Å². The van der Waals surface area contributed by atoms with Crippen LogP contribution >= 0.6 is 23.2 Å². The number of alkyl halides is 3. The summed E-state index contributed by atoms with van der Waals surface area (Å²) in [5.41, 5.74) is -1.05. The van der Waals surface area contributed by atoms with E-state index in [1.807, 2.05) is 0 Å². The molecule has 0 aliphatic rings. The van der Waals surface area contributed by atoms with Crippen molar-refractivity contribution >= 4 is 29.1 Å². The van der Waals surface area contributed by atoms with Crippen molar-refractivity contribution in [3.05, 3.63) is 35.9 Å². The molecule has 2 unspecified atom stereocenters. The van der Waals surface area contributed by atoms with E-state index < -0.39 is 29.1 Å². The lowest BCUT2D eigenvalue weighted by atomic mass is 9.89. The maximum atomic E-state index is 13.0. The van der Waals surface area contributed by atoms with Gasteiger partial charge in [-0.15, -0.1) is 0 Å². The number of rotatable bonds is 5. The minimum atomic E-state index is -1.55. The second-order valence-corrected chi connectivity index (χ2v) is 5.13. The molecule has 1 aromatic rings. The van der Waals surface area contributed by atoms with Crippen molar-refractivity contribution in [1.82, 2.24) is 5.32 Å². The van der Waals surface area contributed by atoms with Crippen LogP contribution in [0.3, 0.4) is 0 Å². The summed E-state index contributed by atoms with van der Waals surface area (Å²) in [4.78, 5) is 10.0. The highest BCUT2D eigenvalue weighted by Gasteiger charge is 2.35. The van der Waals surface area contributed by atoms with Gasteiger partial charge in [0.1, 0.15) is 12.3 Å². The van der Waals surface area contributed by atoms with E-state index >= 15 is 0 Å². The van der Waals surface area contributed by atoms with Crippen LogP contribution in [0.25, 0.3) is 0 Å². The van der Waals surface area contributed by atoms with E-state index in [1.54, 1.807) is 30.3 Å². The molecular formula is C12H14Cl2FNO2. The number of benzene rings is 1. The number of hydrogen-bond donors (Lipinski definition) is 2. The maximum absolute atomic E-state index is 13.0. The van der Waals surface area contributed by atoms with Crippen molar-refractivity contribution in [2.45, 2.75) is 23.4 Å². The molecular weight excluding hydrogens is 280 g/mol. The van der Waals surface area contributed by atoms with Crippen LogP contribution in [0, 0.1) is 0 Å². The third kappa shape index (κ3) is 3.57. The summed E-state index contributed by atoms with van der Waals surface area (Å²) in [7, 11) is 0. The average Bonchev–Trinajstić information content (AvgIpc) is 2.36. The highest BCUT2D eigenvalue weighted by molar-refractivity contribution is 6.53. The third-order valence-corrected chi connectivity index (χ3v) is 3.10. The number of amides is 1. The molecule has 6 heteroatoms. The molecule has 1 aromatic carbocycles. The van der Waals surface area contributed by atoms with Crippen molar-refractivity contribution in [2.24, 2.45) is 0 Å². The maximum Gasteiger partial charge on any atom is 0.253 e. The summed E-state index contributed by atoms with van der Waals surface area (Å²) >= 11 is 10.7. The van der Waals surface area contributed by atoms with Crippen LogP contribution in [-0.4, -0.2) is 28.6 Å². The topological polar surface area (TPSA) is 49.3 Å². The number of carbonyl (C=O) groups is 1. The van der Waals surface area contributed by atoms with Gasteiger partial charge in [0.2, 0.25) is 0 Å². The molecule has 2 N–H and O–H groups in total. The van der Waals surface area contributed by atoms with Crippen molar-refractivity contribution in [1.29, 1.82) is 0 Å². The SMILES string of the molecule is CC(O)(c1ccccc1)C(CF)NC(=O)C(Cl)Cl. The Kier molecular flexibility index (Phi) is 5.38. The molecule has 1 amide bonds. The summed E-state index contributed by atoms with van der Waals surface area (Å²) in [6.45, 7) is 0.485. The van der Waals surface area contributed by atoms with Gasteiger partial charge in [-0.2, -0.15) is 0 Å². The minimum absolute atomic E-state index is 0.494. The lowest BCUT2D eigenvalue weighted by Gasteiger charge is -2.32. The second-order valence-electron chi connectivity index (χ2n) is 4.03. The molecule has 0 fully saturated rings. The first-order chi connectivity index (χ1) is 8.39. The van der Waals surface area contributed by atoms with Gasteiger partial charge in [0.25, 0.3) is 5.91 Å². The predicted octanol–water partition coefficient (Wildman–Crippen LogP) is 2.15. The van der Waals surface area contributed by atoms with E-state index in [0.717, 1.165) is 0 Å². The Morgan fingerprint density at radius 3 is 2.44 bits per heavy atom. The zero-order chi connectivity index (χ0) is 13.8. The Hall–Kier alpha value is -0.840. The molecule has 1 rings (SSSR count). The molecule has 0 aromatic heterocycles. The zero-order valence-corrected chi connectivity index (χ0v) is 11.2. The molecule has 100 valence electrons. The summed E-state index contributed by atoms with van der Waals surface area (Å²) < 4.78 is 13.0. The molecule has 0 heterocycles. The summed E-state index contributed by atoms with van der Waals surface area (Å²) in [5.74, 6) is -0.739. The summed E-state index contributed by atoms with van der Waals surface area (Å²) in [5, 5.41) is 12.6. The molecule has 0 aliphatic heterocycles. The largest absolute Gasteiger partial charge is 0.383 e. The van der Waals surface area contributed by atoms with Gasteiger partial charge in [-0.1, -0.05) is 53.5 Å². The van der Waals surface area contributed by atoms with Gasteiger partial charge in [0.05, 0.1) is 6.04 Å². The summed E-state index contributed by atoms with van der Waals surface area (Å²) in [6.07, 6.45) is 0. The van der Waals surface area contributed by atoms with Crippen LogP contribution < -0.4 is 5.32 Å². The first kappa shape index (κ1) is 15.2. The quantitative estimate of drug-likeness (QED) is 0.818. The van der Waals surface area contributed by atoms with Crippen LogP contribution in [0.2, 0.25) is 0 Å². The molecule has 2 atom stereocenters. The molecule has 18 heavy (non-hydrogen) atoms. The highest BCUT2D eigenvalue weighted by atomic mass is 35.5. The Morgan fingerprint density at radius 2 is 2.00 bits per heavy atom. The second kappa shape index (κ2) is 6.36. The van der Waals surface area contributed by atoms with Crippen LogP contribution in [0.4, 0.5) is 4.39 Å². The molecule has 0 saturated carbocycles. The lowest BCUT2D eigenvalue weighted by Crippen LogP contribution is -2.51. The number of halogens is 3. The van der Waals surface area contributed by atoms with Gasteiger partial charge >= 0.3 is 0 Å². The summed E-state index contributed by atoms with van der Waals surface area (Å²) in [6, 6.07) is 7.38. The molecule has 0 aliphatic carbocycles. The van der Waals surface area contributed by atoms with Gasteiger partial charge in [0, 0.05) is 0 Å². The Bertz CT molecular complexity index is 398. The fourth-order valence-electron chi connectivity index (χ4n) is 1.54. The molecule has 0 saturated heterocycles. The molecule has 0 bridgehead atoms. The lowest BCUT2D eigenvalue weighted by molar-refractivity contribution is -0.122. The van der Waals surface area contributed by atoms with Gasteiger partial charge < -0.3 is 10.4 Å². The van der Waals surface area contributed by atoms with Gasteiger partial charge in [-0.25, -0.2) is 4.39 Å². The van der Waals surface area contributed by atoms with E-state index in [-0.39, 0.29) is 0 Å². The Balaban J connectivity index is 2.90. The van der Waals surface area contributed by atoms with E-state index in [1.165, 1.54) is 6.92 Å². The highest BCUT2D eigenvalue weighted by Crippen LogP contribution is 2.25. The smallest absolute Gasteiger partial charge is 0.253 e. The molecule has 0 radical (unpaired) electrons. The van der Waals surface area contributed by atoms with Gasteiger partial charge in [-0.3, -0.25) is 4.79 Å². The number of aliphatic hydroxyl groups is 1. The average molecular weight is 294 g/mol. The Labute approximate surface area is 115 Å². The zero-order valence-electron chi connectivity index (χ0n) is 9.74. The standard InChI is InChI=1S/C12H14Cl2FNO2/c1-12(18,8-5-3-2-4-6-8)9(7-15)16-11(17)10(13)14/h2-6,9-10,18H,7H2,1H3,(H,16,17). The van der Waals surface area contributed by atoms with Crippen molar-refractivity contribution in [2.75, 3.05) is 6.67 Å². The van der Waals surface area contributed by atoms with E-state index in [4.69, 9.17) is 23.2 Å². The molecule has 3 nitrogen and oxygen atoms in total. The normalized spacial score (nSPS) is 16.1. The minimum Gasteiger partial charge on any atom is -0.383 e. The van der Waals surface area contributed by atoms with Crippen molar-refractivity contribution in [3.63, 3.8) is 0 Å². The fourth-order valence-corrected chi connectivity index (χ4v) is 1.67. The van der Waals surface area contributed by atoms with Crippen LogP contribution in [-0.2, 0) is 10.4 Å². The van der Waals surface area contributed by atoms with Crippen molar-refractivity contribution in [3.8, 4) is 0 Å². The third-order valence-electron chi connectivity index (χ3n) is 2.71. The van der Waals surface area contributed by atoms with Crippen LogP contribution in [0.1, 0.15) is 12.5 Å². The van der Waals surface area contributed by atoms with Gasteiger partial charge in [0.15, 0.2) is 4.84 Å². The van der Waals surface area contributed by atoms with E-state index in [0.29, 0.717) is 5.56 Å².